The van der Waals surface area contributed by atoms with Crippen molar-refractivity contribution >= 4 is 28.6 Å². The van der Waals surface area contributed by atoms with Gasteiger partial charge in [0.05, 0.1) is 18.3 Å². The summed E-state index contributed by atoms with van der Waals surface area (Å²) in [5.41, 5.74) is 2.47. The Morgan fingerprint density at radius 2 is 1.86 bits per heavy atom. The van der Waals surface area contributed by atoms with Gasteiger partial charge in [-0.05, 0) is 51.8 Å². The van der Waals surface area contributed by atoms with Crippen molar-refractivity contribution in [3.63, 3.8) is 0 Å². The maximum absolute atomic E-state index is 14.3. The van der Waals surface area contributed by atoms with Crippen LogP contribution in [0.4, 0.5) is 20.7 Å². The smallest absolute Gasteiger partial charge is 0.232 e. The fraction of sp³-hybridized carbons (Fsp3) is 0.500. The predicted octanol–water partition coefficient (Wildman–Crippen LogP) is 3.32. The van der Waals surface area contributed by atoms with E-state index in [1.54, 1.807) is 0 Å². The molecule has 1 aliphatic heterocycles. The lowest BCUT2D eigenvalue weighted by Crippen LogP contribution is -2.45. The Bertz CT molecular complexity index is 1380. The zero-order chi connectivity index (χ0) is 24.3. The number of nitrogens with one attached hydrogen (secondary N) is 1. The predicted molar refractivity (Wildman–Crippen MR) is 130 cm³/mol. The number of halogens is 2. The van der Waals surface area contributed by atoms with E-state index in [0.29, 0.717) is 35.7 Å². The molecule has 3 aromatic heterocycles. The Hall–Kier alpha value is -3.34. The van der Waals surface area contributed by atoms with Crippen LogP contribution in [0.5, 0.6) is 0 Å². The van der Waals surface area contributed by atoms with Crippen molar-refractivity contribution in [2.75, 3.05) is 43.0 Å². The number of imidazole rings is 1. The summed E-state index contributed by atoms with van der Waals surface area (Å²) < 4.78 is 29.8. The van der Waals surface area contributed by atoms with Crippen LogP contribution in [0, 0.1) is 11.6 Å². The van der Waals surface area contributed by atoms with Gasteiger partial charge in [-0.25, -0.2) is 13.8 Å². The minimum absolute atomic E-state index is 0.00442. The molecule has 2 fully saturated rings. The maximum atomic E-state index is 14.3. The van der Waals surface area contributed by atoms with Crippen molar-refractivity contribution in [1.29, 1.82) is 0 Å². The first kappa shape index (κ1) is 22.1. The van der Waals surface area contributed by atoms with Crippen LogP contribution in [0.2, 0.25) is 0 Å². The Balaban J connectivity index is 1.43. The largest absolute Gasteiger partial charge is 0.340 e. The van der Waals surface area contributed by atoms with E-state index >= 15 is 0 Å². The zero-order valence-electron chi connectivity index (χ0n) is 20.2. The van der Waals surface area contributed by atoms with Crippen LogP contribution in [0.3, 0.4) is 0 Å². The third-order valence-corrected chi connectivity index (χ3v) is 6.96. The highest BCUT2D eigenvalue weighted by atomic mass is 19.2. The third-order valence-electron chi connectivity index (χ3n) is 6.96. The van der Waals surface area contributed by atoms with Crippen LogP contribution in [0.25, 0.3) is 16.7 Å². The summed E-state index contributed by atoms with van der Waals surface area (Å²) in [7, 11) is 2.12. The van der Waals surface area contributed by atoms with E-state index in [9.17, 15) is 8.78 Å². The molecule has 35 heavy (non-hydrogen) atoms. The lowest BCUT2D eigenvalue weighted by molar-refractivity contribution is 0.311. The molecule has 0 atom stereocenters. The second-order valence-electron chi connectivity index (χ2n) is 9.89. The number of benzene rings is 1. The molecule has 9 nitrogen and oxygen atoms in total. The number of hydrogen-bond donors (Lipinski definition) is 1. The summed E-state index contributed by atoms with van der Waals surface area (Å²) in [6.45, 7) is 8.08. The second kappa shape index (κ2) is 8.40. The fourth-order valence-corrected chi connectivity index (χ4v) is 4.67. The summed E-state index contributed by atoms with van der Waals surface area (Å²) in [6.07, 6.45) is 4.22. The van der Waals surface area contributed by atoms with Gasteiger partial charge >= 0.3 is 0 Å². The molecular weight excluding hydrogens is 452 g/mol. The monoisotopic (exact) mass is 481 g/mol. The molecule has 1 saturated carbocycles. The van der Waals surface area contributed by atoms with Crippen LogP contribution >= 0.6 is 0 Å². The molecule has 2 aliphatic rings. The highest BCUT2D eigenvalue weighted by Crippen LogP contribution is 2.42. The maximum Gasteiger partial charge on any atom is 0.232 e. The molecule has 6 rings (SSSR count). The van der Waals surface area contributed by atoms with Crippen LogP contribution < -0.4 is 9.80 Å². The zero-order valence-corrected chi connectivity index (χ0v) is 20.2. The summed E-state index contributed by atoms with van der Waals surface area (Å²) >= 11 is 0. The molecule has 4 aromatic rings. The second-order valence-corrected chi connectivity index (χ2v) is 9.89. The molecule has 1 aromatic carbocycles. The van der Waals surface area contributed by atoms with E-state index in [-0.39, 0.29) is 11.6 Å². The van der Waals surface area contributed by atoms with Crippen LogP contribution in [0.1, 0.15) is 44.0 Å². The Kier molecular flexibility index (Phi) is 5.32. The lowest BCUT2D eigenvalue weighted by Gasteiger charge is -2.33. The first-order valence-electron chi connectivity index (χ1n) is 12.2. The summed E-state index contributed by atoms with van der Waals surface area (Å²) in [6, 6.07) is 2.66. The molecule has 1 saturated heterocycles. The van der Waals surface area contributed by atoms with E-state index in [0.717, 1.165) is 56.3 Å². The normalized spacial score (nSPS) is 17.3. The van der Waals surface area contributed by atoms with Crippen molar-refractivity contribution in [1.82, 2.24) is 34.4 Å². The number of nitrogens with zero attached hydrogens (tertiary/aromatic N) is 8. The minimum Gasteiger partial charge on any atom is -0.340 e. The highest BCUT2D eigenvalue weighted by Gasteiger charge is 2.31. The van der Waals surface area contributed by atoms with Crippen molar-refractivity contribution in [2.45, 2.75) is 45.2 Å². The Morgan fingerprint density at radius 1 is 1.09 bits per heavy atom. The molecule has 0 unspecified atom stereocenters. The average molecular weight is 482 g/mol. The molecular formula is C24H29F2N9. The number of likely N-dealkylation sites (N-methyl/N-ethyl adjacent to an activating group) is 1. The van der Waals surface area contributed by atoms with Gasteiger partial charge in [-0.1, -0.05) is 0 Å². The number of aromatic amines is 1. The van der Waals surface area contributed by atoms with Crippen molar-refractivity contribution in [3.05, 3.63) is 41.4 Å². The Labute approximate surface area is 201 Å². The van der Waals surface area contributed by atoms with Crippen LogP contribution in [-0.4, -0.2) is 73.7 Å². The van der Waals surface area contributed by atoms with Crippen molar-refractivity contribution < 1.29 is 8.78 Å². The summed E-state index contributed by atoms with van der Waals surface area (Å²) in [5, 5.41) is 4.67. The molecule has 4 heterocycles. The first-order chi connectivity index (χ1) is 16.9. The quantitative estimate of drug-likeness (QED) is 0.452. The number of rotatable bonds is 6. The van der Waals surface area contributed by atoms with Gasteiger partial charge in [-0.15, -0.1) is 0 Å². The molecule has 0 bridgehead atoms. The molecule has 1 N–H and O–H groups in total. The lowest BCUT2D eigenvalue weighted by atomic mass is 10.2. The van der Waals surface area contributed by atoms with E-state index in [4.69, 9.17) is 9.97 Å². The topological polar surface area (TPSA) is 81.5 Å². The van der Waals surface area contributed by atoms with Crippen LogP contribution in [0.15, 0.2) is 18.3 Å². The van der Waals surface area contributed by atoms with E-state index in [2.05, 4.69) is 50.7 Å². The van der Waals surface area contributed by atoms with Crippen LogP contribution in [-0.2, 0) is 6.54 Å². The highest BCUT2D eigenvalue weighted by molar-refractivity contribution is 5.75. The summed E-state index contributed by atoms with van der Waals surface area (Å²) in [4.78, 5) is 24.1. The van der Waals surface area contributed by atoms with Crippen molar-refractivity contribution in [2.24, 2.45) is 0 Å². The summed E-state index contributed by atoms with van der Waals surface area (Å²) in [5.74, 6) is 0.542. The number of hydrogen-bond acceptors (Lipinski definition) is 7. The van der Waals surface area contributed by atoms with Gasteiger partial charge < -0.3 is 19.7 Å². The van der Waals surface area contributed by atoms with E-state index in [1.165, 1.54) is 6.07 Å². The molecule has 184 valence electrons. The number of anilines is 2. The SMILES string of the molecule is CC(C)N(Cc1nc2c(F)c(F)ccc2[nH]1)c1nc(N2CCN(C)CC2)nc2c(C3CC3)cnn12. The van der Waals surface area contributed by atoms with Gasteiger partial charge in [-0.3, -0.25) is 0 Å². The van der Waals surface area contributed by atoms with Gasteiger partial charge in [0.1, 0.15) is 11.3 Å². The molecule has 0 spiro atoms. The third kappa shape index (κ3) is 3.97. The minimum atomic E-state index is -0.941. The van der Waals surface area contributed by atoms with Gasteiger partial charge in [0, 0.05) is 37.8 Å². The van der Waals surface area contributed by atoms with E-state index < -0.39 is 11.6 Å². The van der Waals surface area contributed by atoms with Gasteiger partial charge in [-0.2, -0.15) is 19.6 Å². The van der Waals surface area contributed by atoms with Gasteiger partial charge in [0.25, 0.3) is 0 Å². The number of piperazine rings is 1. The molecule has 1 aliphatic carbocycles. The first-order valence-corrected chi connectivity index (χ1v) is 12.2. The molecule has 11 heteroatoms. The van der Waals surface area contributed by atoms with Gasteiger partial charge in [0.15, 0.2) is 17.3 Å². The molecule has 0 radical (unpaired) electrons. The van der Waals surface area contributed by atoms with E-state index in [1.807, 2.05) is 10.7 Å². The van der Waals surface area contributed by atoms with Crippen molar-refractivity contribution in [3.8, 4) is 0 Å². The average Bonchev–Trinajstić information content (AvgIpc) is 3.45. The van der Waals surface area contributed by atoms with Gasteiger partial charge in [0.2, 0.25) is 11.9 Å². The fourth-order valence-electron chi connectivity index (χ4n) is 4.67. The Morgan fingerprint density at radius 3 is 2.57 bits per heavy atom. The molecule has 0 amide bonds. The number of fused-ring (bicyclic) bond motifs is 2. The number of aromatic nitrogens is 6. The number of H-pyrrole nitrogens is 1. The standard InChI is InChI=1S/C24H29F2N9/c1-14(2)34(13-19-28-18-7-6-17(25)20(26)21(18)29-19)24-31-23(33-10-8-32(3)9-11-33)30-22-16(15-4-5-15)12-27-35(22)24/h6-7,12,14-15H,4-5,8-11,13H2,1-3H3,(H,28,29).